The summed E-state index contributed by atoms with van der Waals surface area (Å²) < 4.78 is 28.1. The molecule has 0 aliphatic rings. The Morgan fingerprint density at radius 3 is 1.44 bits per heavy atom. The molecule has 0 aromatic heterocycles. The van der Waals surface area contributed by atoms with E-state index < -0.39 is 19.7 Å². The highest BCUT2D eigenvalue weighted by molar-refractivity contribution is 7.52. The lowest BCUT2D eigenvalue weighted by molar-refractivity contribution is -0.161. The Hall–Kier alpha value is -1.21. The minimum atomic E-state index is -3.90. The molecule has 0 bridgehead atoms. The van der Waals surface area contributed by atoms with Crippen molar-refractivity contribution >= 4 is 19.5 Å². The van der Waals surface area contributed by atoms with Crippen LogP contribution in [0.5, 0.6) is 0 Å². The van der Waals surface area contributed by atoms with Crippen molar-refractivity contribution < 1.29 is 33.0 Å². The lowest BCUT2D eigenvalue weighted by Gasteiger charge is -2.20. The summed E-state index contributed by atoms with van der Waals surface area (Å²) in [5.74, 6) is -0.772. The molecule has 2 unspecified atom stereocenters. The maximum Gasteiger partial charge on any atom is 0.329 e. The number of hydrogen-bond donors (Lipinski definition) is 2. The van der Waals surface area contributed by atoms with E-state index in [0.717, 1.165) is 51.4 Å². The van der Waals surface area contributed by atoms with Crippen LogP contribution < -0.4 is 5.73 Å². The molecule has 0 heterocycles. The van der Waals surface area contributed by atoms with Crippen molar-refractivity contribution in [1.29, 1.82) is 0 Å². The van der Waals surface area contributed by atoms with Gasteiger partial charge in [-0.3, -0.25) is 14.2 Å². The molecule has 0 spiro atoms. The molecule has 9 heteroatoms. The number of hydrogen-bond acceptors (Lipinski definition) is 7. The Kier molecular flexibility index (Phi) is 34.7. The second kappa shape index (κ2) is 35.6. The van der Waals surface area contributed by atoms with Crippen LogP contribution in [0.3, 0.4) is 0 Å². The van der Waals surface area contributed by atoms with E-state index in [9.17, 15) is 19.0 Å². The molecule has 0 aromatic rings. The molecule has 2 atom stereocenters. The van der Waals surface area contributed by atoms with Gasteiger partial charge in [0.15, 0.2) is 6.10 Å². The van der Waals surface area contributed by atoms with Crippen LogP contribution in [0.25, 0.3) is 0 Å². The van der Waals surface area contributed by atoms with Crippen molar-refractivity contribution in [1.82, 2.24) is 0 Å². The summed E-state index contributed by atoms with van der Waals surface area (Å²) >= 11 is 0. The second-order valence-electron chi connectivity index (χ2n) is 13.6. The zero-order valence-corrected chi connectivity index (χ0v) is 32.2. The van der Waals surface area contributed by atoms with Gasteiger partial charge in [0, 0.05) is 19.4 Å². The molecule has 0 aliphatic carbocycles. The monoisotopic (exact) mass is 702 g/mol. The van der Waals surface area contributed by atoms with E-state index in [0.29, 0.717) is 6.42 Å². The Labute approximate surface area is 295 Å². The molecule has 0 aromatic carbocycles. The third kappa shape index (κ3) is 34.6. The standard InChI is InChI=1S/C39H76NO7P/c1-3-5-7-9-11-13-15-17-18-20-21-23-25-27-29-31-38(41)45-35-37(36-46-48(43,44)34-33-40)47-39(42)32-30-28-26-24-22-19-16-14-12-10-8-6-4-2/h17-18,37H,3-16,19-36,40H2,1-2H3,(H,43,44)/b18-17-. The molecule has 284 valence electrons. The highest BCUT2D eigenvalue weighted by atomic mass is 31.2. The molecule has 0 saturated heterocycles. The van der Waals surface area contributed by atoms with E-state index in [-0.39, 0.29) is 38.3 Å². The van der Waals surface area contributed by atoms with Crippen molar-refractivity contribution in [3.05, 3.63) is 12.2 Å². The van der Waals surface area contributed by atoms with Gasteiger partial charge in [-0.2, -0.15) is 0 Å². The molecule has 0 fully saturated rings. The lowest BCUT2D eigenvalue weighted by atomic mass is 10.0. The van der Waals surface area contributed by atoms with Gasteiger partial charge < -0.3 is 24.6 Å². The van der Waals surface area contributed by atoms with Crippen LogP contribution >= 0.6 is 7.60 Å². The van der Waals surface area contributed by atoms with Crippen LogP contribution in [-0.4, -0.2) is 48.9 Å². The number of ether oxygens (including phenoxy) is 2. The number of nitrogens with two attached hydrogens (primary N) is 1. The van der Waals surface area contributed by atoms with Gasteiger partial charge in [-0.15, -0.1) is 0 Å². The lowest BCUT2D eigenvalue weighted by Crippen LogP contribution is -2.29. The first-order chi connectivity index (χ1) is 23.3. The van der Waals surface area contributed by atoms with Gasteiger partial charge in [0.05, 0.1) is 12.8 Å². The smallest absolute Gasteiger partial charge is 0.329 e. The van der Waals surface area contributed by atoms with Crippen molar-refractivity contribution in [2.75, 3.05) is 25.9 Å². The Bertz CT molecular complexity index is 807. The number of esters is 2. The number of allylic oxidation sites excluding steroid dienone is 2. The topological polar surface area (TPSA) is 125 Å². The van der Waals surface area contributed by atoms with Gasteiger partial charge in [-0.25, -0.2) is 0 Å². The van der Waals surface area contributed by atoms with Crippen LogP contribution in [0.4, 0.5) is 0 Å². The predicted molar refractivity (Wildman–Crippen MR) is 200 cm³/mol. The van der Waals surface area contributed by atoms with Crippen LogP contribution in [0, 0.1) is 0 Å². The fourth-order valence-electron chi connectivity index (χ4n) is 5.67. The second-order valence-corrected chi connectivity index (χ2v) is 15.5. The fourth-order valence-corrected chi connectivity index (χ4v) is 6.53. The van der Waals surface area contributed by atoms with E-state index in [1.165, 1.54) is 116 Å². The van der Waals surface area contributed by atoms with Crippen LogP contribution in [0.1, 0.15) is 194 Å². The fraction of sp³-hybridized carbons (Fsp3) is 0.897. The maximum absolute atomic E-state index is 12.5. The average Bonchev–Trinajstić information content (AvgIpc) is 3.06. The zero-order valence-electron chi connectivity index (χ0n) is 31.3. The van der Waals surface area contributed by atoms with Crippen molar-refractivity contribution in [2.45, 2.75) is 200 Å². The largest absolute Gasteiger partial charge is 0.462 e. The number of unbranched alkanes of at least 4 members (excludes halogenated alkanes) is 23. The molecule has 0 radical (unpaired) electrons. The molecule has 48 heavy (non-hydrogen) atoms. The van der Waals surface area contributed by atoms with Gasteiger partial charge in [0.25, 0.3) is 0 Å². The van der Waals surface area contributed by atoms with E-state index in [1.807, 2.05) is 0 Å². The predicted octanol–water partition coefficient (Wildman–Crippen LogP) is 11.1. The molecule has 0 rings (SSSR count). The van der Waals surface area contributed by atoms with Gasteiger partial charge in [0.2, 0.25) is 0 Å². The van der Waals surface area contributed by atoms with Gasteiger partial charge in [0.1, 0.15) is 6.61 Å². The molecule has 0 saturated carbocycles. The average molecular weight is 702 g/mol. The molecular weight excluding hydrogens is 625 g/mol. The van der Waals surface area contributed by atoms with Gasteiger partial charge >= 0.3 is 19.5 Å². The normalized spacial score (nSPS) is 13.5. The van der Waals surface area contributed by atoms with E-state index >= 15 is 0 Å². The summed E-state index contributed by atoms with van der Waals surface area (Å²) in [4.78, 5) is 34.8. The van der Waals surface area contributed by atoms with Crippen LogP contribution in [0.2, 0.25) is 0 Å². The Morgan fingerprint density at radius 1 is 0.604 bits per heavy atom. The van der Waals surface area contributed by atoms with Crippen LogP contribution in [-0.2, 0) is 28.2 Å². The van der Waals surface area contributed by atoms with Gasteiger partial charge in [-0.05, 0) is 38.5 Å². The third-order valence-corrected chi connectivity index (χ3v) is 10.1. The number of rotatable bonds is 37. The molecule has 8 nitrogen and oxygen atoms in total. The zero-order chi connectivity index (χ0) is 35.4. The van der Waals surface area contributed by atoms with E-state index in [4.69, 9.17) is 19.7 Å². The molecule has 0 aliphatic heterocycles. The molecule has 0 amide bonds. The highest BCUT2D eigenvalue weighted by Gasteiger charge is 2.24. The summed E-state index contributed by atoms with van der Waals surface area (Å²) in [6.45, 7) is 3.98. The number of carbonyl (C=O) groups is 2. The minimum absolute atomic E-state index is 0.00220. The summed E-state index contributed by atoms with van der Waals surface area (Å²) in [6, 6.07) is 0. The minimum Gasteiger partial charge on any atom is -0.462 e. The van der Waals surface area contributed by atoms with Crippen LogP contribution in [0.15, 0.2) is 12.2 Å². The third-order valence-electron chi connectivity index (χ3n) is 8.73. The first kappa shape index (κ1) is 46.8. The summed E-state index contributed by atoms with van der Waals surface area (Å²) in [5, 5.41) is 0. The van der Waals surface area contributed by atoms with Crippen molar-refractivity contribution in [3.8, 4) is 0 Å². The quantitative estimate of drug-likeness (QED) is 0.0284. The van der Waals surface area contributed by atoms with E-state index in [1.54, 1.807) is 0 Å². The molecule has 3 N–H and O–H groups in total. The Morgan fingerprint density at radius 2 is 1.00 bits per heavy atom. The Balaban J connectivity index is 4.11. The van der Waals surface area contributed by atoms with E-state index in [2.05, 4.69) is 26.0 Å². The summed E-state index contributed by atoms with van der Waals surface area (Å²) in [6.07, 6.45) is 35.4. The van der Waals surface area contributed by atoms with Gasteiger partial charge in [-0.1, -0.05) is 154 Å². The number of carbonyl (C=O) groups excluding carboxylic acids is 2. The first-order valence-electron chi connectivity index (χ1n) is 20.0. The molecular formula is C39H76NO7P. The summed E-state index contributed by atoms with van der Waals surface area (Å²) in [5.41, 5.74) is 5.40. The first-order valence-corrected chi connectivity index (χ1v) is 21.8. The highest BCUT2D eigenvalue weighted by Crippen LogP contribution is 2.41. The SMILES string of the molecule is CCCCCCCC/C=C\CCCCCCCC(=O)OCC(COP(=O)(O)CCN)OC(=O)CCCCCCCCCCCCCCC. The van der Waals surface area contributed by atoms with Crippen molar-refractivity contribution in [3.63, 3.8) is 0 Å². The van der Waals surface area contributed by atoms with Crippen molar-refractivity contribution in [2.24, 2.45) is 5.73 Å². The summed E-state index contributed by atoms with van der Waals surface area (Å²) in [7, 11) is -3.90. The maximum atomic E-state index is 12.5.